The van der Waals surface area contributed by atoms with E-state index < -0.39 is 5.97 Å². The summed E-state index contributed by atoms with van der Waals surface area (Å²) in [5.41, 5.74) is 0.339. The fourth-order valence-corrected chi connectivity index (χ4v) is 1.42. The minimum Gasteiger partial charge on any atom is -0.507 e. The molecule has 82 valence electrons. The Morgan fingerprint density at radius 1 is 1.44 bits per heavy atom. The SMILES string of the molecule is O=C(O)c1cc(-n2cc(Cl)cn2)ccc1O. The highest BCUT2D eigenvalue weighted by Gasteiger charge is 2.11. The Kier molecular flexibility index (Phi) is 2.54. The van der Waals surface area contributed by atoms with Crippen LogP contribution in [-0.4, -0.2) is 26.0 Å². The maximum Gasteiger partial charge on any atom is 0.339 e. The van der Waals surface area contributed by atoms with Crippen LogP contribution in [0.2, 0.25) is 5.02 Å². The van der Waals surface area contributed by atoms with Crippen LogP contribution in [0.4, 0.5) is 0 Å². The number of nitrogens with zero attached hydrogens (tertiary/aromatic N) is 2. The molecule has 2 N–H and O–H groups in total. The molecule has 0 bridgehead atoms. The van der Waals surface area contributed by atoms with Crippen LogP contribution in [-0.2, 0) is 0 Å². The van der Waals surface area contributed by atoms with Gasteiger partial charge in [-0.05, 0) is 18.2 Å². The molecule has 2 rings (SSSR count). The lowest BCUT2D eigenvalue weighted by Gasteiger charge is -2.04. The predicted molar refractivity (Wildman–Crippen MR) is 57.2 cm³/mol. The summed E-state index contributed by atoms with van der Waals surface area (Å²) in [6.45, 7) is 0. The third-order valence-corrected chi connectivity index (χ3v) is 2.22. The maximum atomic E-state index is 10.8. The summed E-state index contributed by atoms with van der Waals surface area (Å²) in [6, 6.07) is 4.17. The summed E-state index contributed by atoms with van der Waals surface area (Å²) in [4.78, 5) is 10.8. The first kappa shape index (κ1) is 10.5. The second-order valence-electron chi connectivity index (χ2n) is 3.11. The van der Waals surface area contributed by atoms with E-state index in [-0.39, 0.29) is 11.3 Å². The van der Waals surface area contributed by atoms with Crippen molar-refractivity contribution in [3.8, 4) is 11.4 Å². The van der Waals surface area contributed by atoms with Crippen LogP contribution in [0.25, 0.3) is 5.69 Å². The molecule has 0 aliphatic rings. The van der Waals surface area contributed by atoms with Crippen molar-refractivity contribution in [1.82, 2.24) is 9.78 Å². The molecule has 0 spiro atoms. The van der Waals surface area contributed by atoms with Crippen molar-refractivity contribution in [3.05, 3.63) is 41.2 Å². The molecular formula is C10H7ClN2O3. The van der Waals surface area contributed by atoms with Gasteiger partial charge in [-0.3, -0.25) is 0 Å². The first-order valence-electron chi connectivity index (χ1n) is 4.35. The number of hydrogen-bond acceptors (Lipinski definition) is 3. The van der Waals surface area contributed by atoms with Crippen molar-refractivity contribution in [3.63, 3.8) is 0 Å². The number of benzene rings is 1. The Morgan fingerprint density at radius 2 is 2.19 bits per heavy atom. The minimum atomic E-state index is -1.20. The maximum absolute atomic E-state index is 10.8. The first-order chi connectivity index (χ1) is 7.58. The van der Waals surface area contributed by atoms with Crippen LogP contribution in [0.1, 0.15) is 10.4 Å². The number of aromatic hydroxyl groups is 1. The van der Waals surface area contributed by atoms with E-state index in [1.54, 1.807) is 12.3 Å². The lowest BCUT2D eigenvalue weighted by Crippen LogP contribution is -2.00. The van der Waals surface area contributed by atoms with Crippen LogP contribution < -0.4 is 0 Å². The number of rotatable bonds is 2. The molecule has 16 heavy (non-hydrogen) atoms. The molecular weight excluding hydrogens is 232 g/mol. The lowest BCUT2D eigenvalue weighted by molar-refractivity contribution is 0.0693. The molecule has 2 aromatic rings. The van der Waals surface area contributed by atoms with Gasteiger partial charge in [0.1, 0.15) is 11.3 Å². The number of halogens is 1. The van der Waals surface area contributed by atoms with Crippen molar-refractivity contribution >= 4 is 17.6 Å². The monoisotopic (exact) mass is 238 g/mol. The quantitative estimate of drug-likeness (QED) is 0.838. The zero-order valence-electron chi connectivity index (χ0n) is 7.96. The van der Waals surface area contributed by atoms with Gasteiger partial charge in [-0.15, -0.1) is 0 Å². The Labute approximate surface area is 95.5 Å². The smallest absolute Gasteiger partial charge is 0.339 e. The molecule has 0 saturated heterocycles. The van der Waals surface area contributed by atoms with E-state index in [1.165, 1.54) is 23.0 Å². The summed E-state index contributed by atoms with van der Waals surface area (Å²) >= 11 is 5.69. The fraction of sp³-hybridized carbons (Fsp3) is 0. The van der Waals surface area contributed by atoms with Gasteiger partial charge in [0, 0.05) is 6.20 Å². The molecule has 0 amide bonds. The topological polar surface area (TPSA) is 75.3 Å². The first-order valence-corrected chi connectivity index (χ1v) is 4.72. The molecule has 0 fully saturated rings. The zero-order valence-corrected chi connectivity index (χ0v) is 8.72. The van der Waals surface area contributed by atoms with Crippen LogP contribution in [0.5, 0.6) is 5.75 Å². The van der Waals surface area contributed by atoms with Gasteiger partial charge in [-0.2, -0.15) is 5.10 Å². The Hall–Kier alpha value is -2.01. The number of phenols is 1. The van der Waals surface area contributed by atoms with Crippen molar-refractivity contribution < 1.29 is 15.0 Å². The molecule has 1 aromatic heterocycles. The highest BCUT2D eigenvalue weighted by molar-refractivity contribution is 6.30. The van der Waals surface area contributed by atoms with Crippen LogP contribution >= 0.6 is 11.6 Å². The summed E-state index contributed by atoms with van der Waals surface area (Å²) in [5, 5.41) is 22.5. The molecule has 0 aliphatic heterocycles. The Bertz CT molecular complexity index is 551. The highest BCUT2D eigenvalue weighted by atomic mass is 35.5. The lowest BCUT2D eigenvalue weighted by atomic mass is 10.2. The van der Waals surface area contributed by atoms with E-state index in [2.05, 4.69) is 5.10 Å². The second kappa shape index (κ2) is 3.86. The number of carboxylic acid groups (broad SMARTS) is 1. The van der Waals surface area contributed by atoms with Gasteiger partial charge in [-0.25, -0.2) is 9.48 Å². The highest BCUT2D eigenvalue weighted by Crippen LogP contribution is 2.21. The summed E-state index contributed by atoms with van der Waals surface area (Å²) in [7, 11) is 0. The molecule has 0 unspecified atom stereocenters. The number of aromatic nitrogens is 2. The van der Waals surface area contributed by atoms with Crippen LogP contribution in [0.15, 0.2) is 30.6 Å². The van der Waals surface area contributed by atoms with E-state index in [9.17, 15) is 9.90 Å². The number of hydrogen-bond donors (Lipinski definition) is 2. The molecule has 1 aromatic carbocycles. The van der Waals surface area contributed by atoms with Crippen LogP contribution in [0, 0.1) is 0 Å². The molecule has 0 radical (unpaired) electrons. The zero-order chi connectivity index (χ0) is 11.7. The van der Waals surface area contributed by atoms with E-state index in [0.717, 1.165) is 0 Å². The number of aromatic carboxylic acids is 1. The summed E-state index contributed by atoms with van der Waals surface area (Å²) in [6.07, 6.45) is 2.98. The van der Waals surface area contributed by atoms with Gasteiger partial charge < -0.3 is 10.2 Å². The Morgan fingerprint density at radius 3 is 2.75 bits per heavy atom. The van der Waals surface area contributed by atoms with E-state index in [1.807, 2.05) is 0 Å². The van der Waals surface area contributed by atoms with E-state index in [0.29, 0.717) is 10.7 Å². The van der Waals surface area contributed by atoms with Gasteiger partial charge in [0.05, 0.1) is 16.9 Å². The fourth-order valence-electron chi connectivity index (χ4n) is 1.28. The van der Waals surface area contributed by atoms with Gasteiger partial charge in [0.25, 0.3) is 0 Å². The summed E-state index contributed by atoms with van der Waals surface area (Å²) in [5.74, 6) is -1.48. The predicted octanol–water partition coefficient (Wildman–Crippen LogP) is 1.93. The normalized spacial score (nSPS) is 10.3. The largest absolute Gasteiger partial charge is 0.507 e. The summed E-state index contributed by atoms with van der Waals surface area (Å²) < 4.78 is 1.42. The molecule has 1 heterocycles. The number of carboxylic acids is 1. The van der Waals surface area contributed by atoms with Crippen molar-refractivity contribution in [2.75, 3.05) is 0 Å². The molecule has 0 saturated carbocycles. The number of carbonyl (C=O) groups is 1. The van der Waals surface area contributed by atoms with Gasteiger partial charge in [-0.1, -0.05) is 11.6 Å². The minimum absolute atomic E-state index is 0.177. The van der Waals surface area contributed by atoms with E-state index >= 15 is 0 Å². The standard InChI is InChI=1S/C10H7ClN2O3/c11-6-4-12-13(5-6)7-1-2-9(14)8(3-7)10(15)16/h1-5,14H,(H,15,16). The average molecular weight is 239 g/mol. The van der Waals surface area contributed by atoms with E-state index in [4.69, 9.17) is 16.7 Å². The van der Waals surface area contributed by atoms with Gasteiger partial charge in [0.2, 0.25) is 0 Å². The third-order valence-electron chi connectivity index (χ3n) is 2.03. The van der Waals surface area contributed by atoms with Gasteiger partial charge >= 0.3 is 5.97 Å². The second-order valence-corrected chi connectivity index (χ2v) is 3.55. The van der Waals surface area contributed by atoms with Crippen molar-refractivity contribution in [1.29, 1.82) is 0 Å². The van der Waals surface area contributed by atoms with Crippen LogP contribution in [0.3, 0.4) is 0 Å². The van der Waals surface area contributed by atoms with Crippen molar-refractivity contribution in [2.45, 2.75) is 0 Å². The van der Waals surface area contributed by atoms with Gasteiger partial charge in [0.15, 0.2) is 0 Å². The molecule has 5 nitrogen and oxygen atoms in total. The Balaban J connectivity index is 2.51. The molecule has 6 heteroatoms. The van der Waals surface area contributed by atoms with Crippen molar-refractivity contribution in [2.24, 2.45) is 0 Å². The molecule has 0 atom stereocenters. The molecule has 0 aliphatic carbocycles. The third kappa shape index (κ3) is 1.85. The average Bonchev–Trinajstić information content (AvgIpc) is 2.65.